The molecule has 104 valence electrons. The molecule has 0 saturated heterocycles. The molecule has 0 fully saturated rings. The summed E-state index contributed by atoms with van der Waals surface area (Å²) in [5.41, 5.74) is 2.59. The molecule has 2 aromatic carbocycles. The number of nitriles is 1. The molecular formula is C15H8ClFIN3. The summed E-state index contributed by atoms with van der Waals surface area (Å²) in [5.74, 6) is 0.508. The van der Waals surface area contributed by atoms with Gasteiger partial charge in [-0.15, -0.1) is 11.6 Å². The number of benzene rings is 2. The van der Waals surface area contributed by atoms with Crippen LogP contribution in [0.15, 0.2) is 36.4 Å². The Balaban J connectivity index is 2.34. The van der Waals surface area contributed by atoms with Crippen molar-refractivity contribution in [1.82, 2.24) is 9.55 Å². The van der Waals surface area contributed by atoms with Crippen molar-refractivity contribution < 1.29 is 4.39 Å². The zero-order chi connectivity index (χ0) is 15.0. The summed E-state index contributed by atoms with van der Waals surface area (Å²) in [6, 6.07) is 12.3. The highest BCUT2D eigenvalue weighted by atomic mass is 127. The Morgan fingerprint density at radius 3 is 2.86 bits per heavy atom. The van der Waals surface area contributed by atoms with Gasteiger partial charge in [0, 0.05) is 11.8 Å². The van der Waals surface area contributed by atoms with Crippen LogP contribution in [0.3, 0.4) is 0 Å². The fourth-order valence-corrected chi connectivity index (χ4v) is 2.84. The molecule has 0 aliphatic rings. The molecule has 0 bridgehead atoms. The lowest BCUT2D eigenvalue weighted by molar-refractivity contribution is 0.622. The van der Waals surface area contributed by atoms with E-state index in [-0.39, 0.29) is 11.7 Å². The van der Waals surface area contributed by atoms with Gasteiger partial charge in [0.1, 0.15) is 11.6 Å². The smallest absolute Gasteiger partial charge is 0.138 e. The largest absolute Gasteiger partial charge is 0.295 e. The highest BCUT2D eigenvalue weighted by Crippen LogP contribution is 2.26. The van der Waals surface area contributed by atoms with Crippen molar-refractivity contribution in [2.24, 2.45) is 0 Å². The maximum Gasteiger partial charge on any atom is 0.138 e. The van der Waals surface area contributed by atoms with E-state index >= 15 is 0 Å². The van der Waals surface area contributed by atoms with Crippen LogP contribution in [0.25, 0.3) is 16.7 Å². The number of hydrogen-bond donors (Lipinski definition) is 0. The first kappa shape index (κ1) is 14.3. The molecule has 0 radical (unpaired) electrons. The molecule has 0 aliphatic carbocycles. The minimum absolute atomic E-state index is 0.198. The molecule has 3 rings (SSSR count). The summed E-state index contributed by atoms with van der Waals surface area (Å²) in [5, 5.41) is 9.02. The minimum atomic E-state index is -0.304. The number of rotatable bonds is 2. The van der Waals surface area contributed by atoms with Gasteiger partial charge in [-0.05, 0) is 46.9 Å². The van der Waals surface area contributed by atoms with Gasteiger partial charge in [-0.2, -0.15) is 5.26 Å². The maximum absolute atomic E-state index is 13.9. The van der Waals surface area contributed by atoms with Crippen molar-refractivity contribution in [3.8, 4) is 11.8 Å². The van der Waals surface area contributed by atoms with Crippen LogP contribution in [-0.2, 0) is 5.88 Å². The highest BCUT2D eigenvalue weighted by molar-refractivity contribution is 14.1. The Labute approximate surface area is 139 Å². The van der Waals surface area contributed by atoms with Crippen LogP contribution in [0, 0.1) is 20.7 Å². The lowest BCUT2D eigenvalue weighted by Gasteiger charge is -2.08. The molecule has 0 unspecified atom stereocenters. The van der Waals surface area contributed by atoms with E-state index in [1.54, 1.807) is 28.8 Å². The van der Waals surface area contributed by atoms with E-state index < -0.39 is 0 Å². The van der Waals surface area contributed by atoms with Gasteiger partial charge < -0.3 is 0 Å². The molecular weight excluding hydrogens is 404 g/mol. The number of fused-ring (bicyclic) bond motifs is 1. The Morgan fingerprint density at radius 2 is 2.14 bits per heavy atom. The first-order valence-electron chi connectivity index (χ1n) is 6.07. The van der Waals surface area contributed by atoms with Gasteiger partial charge in [0.05, 0.1) is 32.1 Å². The van der Waals surface area contributed by atoms with E-state index in [2.05, 4.69) is 11.1 Å². The summed E-state index contributed by atoms with van der Waals surface area (Å²) < 4.78 is 16.2. The third kappa shape index (κ3) is 2.49. The van der Waals surface area contributed by atoms with E-state index in [9.17, 15) is 4.39 Å². The van der Waals surface area contributed by atoms with Crippen LogP contribution in [0.1, 0.15) is 11.4 Å². The van der Waals surface area contributed by atoms with Crippen LogP contribution >= 0.6 is 34.2 Å². The first-order valence-corrected chi connectivity index (χ1v) is 7.68. The summed E-state index contributed by atoms with van der Waals surface area (Å²) in [7, 11) is 0. The summed E-state index contributed by atoms with van der Waals surface area (Å²) in [6.45, 7) is 0. The predicted molar refractivity (Wildman–Crippen MR) is 88.0 cm³/mol. The van der Waals surface area contributed by atoms with Gasteiger partial charge in [0.25, 0.3) is 0 Å². The van der Waals surface area contributed by atoms with E-state index in [1.807, 2.05) is 28.7 Å². The molecule has 3 nitrogen and oxygen atoms in total. The SMILES string of the molecule is N#Cc1cccc(-n2c(CCl)nc3cc(I)c(F)cc32)c1. The topological polar surface area (TPSA) is 41.6 Å². The van der Waals surface area contributed by atoms with Gasteiger partial charge in [0.2, 0.25) is 0 Å². The molecule has 1 aromatic heterocycles. The lowest BCUT2D eigenvalue weighted by atomic mass is 10.2. The Kier molecular flexibility index (Phi) is 3.83. The molecule has 0 saturated carbocycles. The molecule has 0 aliphatic heterocycles. The average molecular weight is 412 g/mol. The summed E-state index contributed by atoms with van der Waals surface area (Å²) in [4.78, 5) is 4.44. The van der Waals surface area contributed by atoms with Crippen LogP contribution in [0.2, 0.25) is 0 Å². The molecule has 0 atom stereocenters. The molecule has 3 aromatic rings. The number of nitrogens with zero attached hydrogens (tertiary/aromatic N) is 3. The van der Waals surface area contributed by atoms with Gasteiger partial charge in [-0.1, -0.05) is 6.07 Å². The molecule has 0 N–H and O–H groups in total. The summed E-state index contributed by atoms with van der Waals surface area (Å²) in [6.07, 6.45) is 0. The highest BCUT2D eigenvalue weighted by Gasteiger charge is 2.14. The molecule has 0 spiro atoms. The second-order valence-electron chi connectivity index (χ2n) is 4.41. The minimum Gasteiger partial charge on any atom is -0.295 e. The third-order valence-corrected chi connectivity index (χ3v) is 4.18. The van der Waals surface area contributed by atoms with Crippen LogP contribution < -0.4 is 0 Å². The van der Waals surface area contributed by atoms with Gasteiger partial charge in [-0.25, -0.2) is 9.37 Å². The molecule has 6 heteroatoms. The Bertz CT molecular complexity index is 882. The third-order valence-electron chi connectivity index (χ3n) is 3.12. The quantitative estimate of drug-likeness (QED) is 0.464. The fraction of sp³-hybridized carbons (Fsp3) is 0.0667. The zero-order valence-electron chi connectivity index (χ0n) is 10.6. The fourth-order valence-electron chi connectivity index (χ4n) is 2.21. The van der Waals surface area contributed by atoms with E-state index in [0.717, 1.165) is 5.69 Å². The number of imidazole rings is 1. The second kappa shape index (κ2) is 5.62. The maximum atomic E-state index is 13.9. The summed E-state index contributed by atoms with van der Waals surface area (Å²) >= 11 is 7.89. The normalized spacial score (nSPS) is 10.8. The predicted octanol–water partition coefficient (Wildman–Crippen LogP) is 4.38. The first-order chi connectivity index (χ1) is 10.1. The second-order valence-corrected chi connectivity index (χ2v) is 5.84. The zero-order valence-corrected chi connectivity index (χ0v) is 13.6. The number of alkyl halides is 1. The van der Waals surface area contributed by atoms with Crippen molar-refractivity contribution in [2.75, 3.05) is 0 Å². The van der Waals surface area contributed by atoms with Gasteiger partial charge in [0.15, 0.2) is 0 Å². The van der Waals surface area contributed by atoms with Gasteiger partial charge in [-0.3, -0.25) is 4.57 Å². The van der Waals surface area contributed by atoms with Crippen LogP contribution in [0.5, 0.6) is 0 Å². The monoisotopic (exact) mass is 411 g/mol. The average Bonchev–Trinajstić information content (AvgIpc) is 2.85. The molecule has 21 heavy (non-hydrogen) atoms. The Hall–Kier alpha value is -1.65. The van der Waals surface area contributed by atoms with E-state index in [4.69, 9.17) is 16.9 Å². The molecule has 1 heterocycles. The van der Waals surface area contributed by atoms with Gasteiger partial charge >= 0.3 is 0 Å². The lowest BCUT2D eigenvalue weighted by Crippen LogP contribution is -2.00. The number of halogens is 3. The van der Waals surface area contributed by atoms with Crippen molar-refractivity contribution in [3.05, 3.63) is 57.2 Å². The Morgan fingerprint density at radius 1 is 1.33 bits per heavy atom. The van der Waals surface area contributed by atoms with Crippen LogP contribution in [0.4, 0.5) is 4.39 Å². The number of hydrogen-bond acceptors (Lipinski definition) is 2. The van der Waals surface area contributed by atoms with Crippen molar-refractivity contribution in [3.63, 3.8) is 0 Å². The van der Waals surface area contributed by atoms with Crippen molar-refractivity contribution in [2.45, 2.75) is 5.88 Å². The van der Waals surface area contributed by atoms with E-state index in [0.29, 0.717) is 26.0 Å². The van der Waals surface area contributed by atoms with E-state index in [1.165, 1.54) is 6.07 Å². The standard InChI is InChI=1S/C15H8ClFIN3/c16-7-15-20-13-6-12(18)11(17)5-14(13)21(15)10-3-1-2-9(4-10)8-19/h1-6H,7H2. The number of aromatic nitrogens is 2. The molecule has 0 amide bonds. The van der Waals surface area contributed by atoms with Crippen molar-refractivity contribution in [1.29, 1.82) is 5.26 Å². The van der Waals surface area contributed by atoms with Crippen LogP contribution in [-0.4, -0.2) is 9.55 Å². The van der Waals surface area contributed by atoms with Crippen molar-refractivity contribution >= 4 is 45.2 Å².